The van der Waals surface area contributed by atoms with Crippen LogP contribution >= 0.6 is 11.6 Å². The minimum atomic E-state index is -0.873. The predicted octanol–water partition coefficient (Wildman–Crippen LogP) is 3.37. The first-order chi connectivity index (χ1) is 14.0. The molecule has 2 heterocycles. The predicted molar refractivity (Wildman–Crippen MR) is 103 cm³/mol. The number of anilines is 1. The maximum atomic E-state index is 13.9. The minimum absolute atomic E-state index is 0.149. The first kappa shape index (κ1) is 20.9. The summed E-state index contributed by atoms with van der Waals surface area (Å²) in [4.78, 5) is 6.32. The van der Waals surface area contributed by atoms with E-state index in [-0.39, 0.29) is 5.15 Å². The molecule has 2 aromatic rings. The molecule has 3 rings (SSSR count). The van der Waals surface area contributed by atoms with Crippen molar-refractivity contribution in [3.8, 4) is 12.1 Å². The highest BCUT2D eigenvalue weighted by molar-refractivity contribution is 6.30. The average Bonchev–Trinajstić information content (AvgIpc) is 2.68. The molecule has 1 aromatic carbocycles. The molecule has 0 unspecified atom stereocenters. The number of hydrogen-bond donors (Lipinski definition) is 1. The number of rotatable bonds is 6. The van der Waals surface area contributed by atoms with Gasteiger partial charge in [-0.3, -0.25) is 4.90 Å². The lowest BCUT2D eigenvalue weighted by Gasteiger charge is -2.31. The van der Waals surface area contributed by atoms with Gasteiger partial charge in [0.25, 0.3) is 0 Å². The molecule has 9 heteroatoms. The summed E-state index contributed by atoms with van der Waals surface area (Å²) in [6.07, 6.45) is 0.556. The Kier molecular flexibility index (Phi) is 6.60. The van der Waals surface area contributed by atoms with Crippen LogP contribution in [0, 0.1) is 34.3 Å². The summed E-state index contributed by atoms with van der Waals surface area (Å²) in [5.74, 6) is -1.17. The molecular weight excluding hydrogens is 400 g/mol. The Morgan fingerprint density at radius 3 is 2.52 bits per heavy atom. The Labute approximate surface area is 172 Å². The van der Waals surface area contributed by atoms with Gasteiger partial charge in [-0.05, 0) is 29.7 Å². The van der Waals surface area contributed by atoms with Crippen LogP contribution in [0.1, 0.15) is 27.8 Å². The molecule has 0 saturated carbocycles. The van der Waals surface area contributed by atoms with Crippen molar-refractivity contribution in [3.05, 3.63) is 56.7 Å². The van der Waals surface area contributed by atoms with Gasteiger partial charge in [-0.25, -0.2) is 13.8 Å². The average molecular weight is 418 g/mol. The van der Waals surface area contributed by atoms with E-state index in [9.17, 15) is 14.0 Å². The van der Waals surface area contributed by atoms with Crippen molar-refractivity contribution in [1.82, 2.24) is 9.88 Å². The fraction of sp³-hybridized carbons (Fsp3) is 0.350. The van der Waals surface area contributed by atoms with Crippen molar-refractivity contribution in [3.63, 3.8) is 0 Å². The first-order valence-corrected chi connectivity index (χ1v) is 9.30. The molecule has 0 fully saturated rings. The molecule has 0 saturated heterocycles. The van der Waals surface area contributed by atoms with Crippen LogP contribution in [0.3, 0.4) is 0 Å². The van der Waals surface area contributed by atoms with Crippen molar-refractivity contribution < 1.29 is 13.5 Å². The van der Waals surface area contributed by atoms with Crippen molar-refractivity contribution >= 4 is 17.4 Å². The van der Waals surface area contributed by atoms with Gasteiger partial charge in [0.2, 0.25) is 0 Å². The normalized spacial score (nSPS) is 13.4. The Morgan fingerprint density at radius 1 is 1.21 bits per heavy atom. The number of nitrogens with one attached hydrogen (secondary N) is 1. The highest BCUT2D eigenvalue weighted by Gasteiger charge is 2.25. The van der Waals surface area contributed by atoms with E-state index in [1.54, 1.807) is 7.11 Å². The monoisotopic (exact) mass is 417 g/mol. The number of ether oxygens (including phenoxy) is 1. The molecule has 1 aliphatic rings. The zero-order chi connectivity index (χ0) is 21.0. The summed E-state index contributed by atoms with van der Waals surface area (Å²) in [7, 11) is 1.59. The second-order valence-electron chi connectivity index (χ2n) is 6.62. The number of hydrogen-bond acceptors (Lipinski definition) is 6. The molecule has 150 valence electrons. The third kappa shape index (κ3) is 4.46. The maximum absolute atomic E-state index is 13.9. The SMILES string of the molecule is COCCNc1nc(Cl)c(C#N)c2c1CN(Cc1cc(F)c(C#N)c(F)c1)CC2. The number of nitrogens with zero attached hydrogens (tertiary/aromatic N) is 4. The molecule has 1 N–H and O–H groups in total. The molecule has 0 bridgehead atoms. The van der Waals surface area contributed by atoms with Crippen molar-refractivity contribution in [2.24, 2.45) is 0 Å². The summed E-state index contributed by atoms with van der Waals surface area (Å²) in [6, 6.07) is 5.99. The van der Waals surface area contributed by atoms with Crippen LogP contribution < -0.4 is 5.32 Å². The van der Waals surface area contributed by atoms with Gasteiger partial charge in [0.05, 0.1) is 12.2 Å². The van der Waals surface area contributed by atoms with Gasteiger partial charge in [-0.1, -0.05) is 11.6 Å². The van der Waals surface area contributed by atoms with E-state index in [4.69, 9.17) is 21.6 Å². The summed E-state index contributed by atoms with van der Waals surface area (Å²) >= 11 is 6.18. The Bertz CT molecular complexity index is 992. The Morgan fingerprint density at radius 2 is 1.90 bits per heavy atom. The topological polar surface area (TPSA) is 85.0 Å². The van der Waals surface area contributed by atoms with Gasteiger partial charge in [0.1, 0.15) is 40.3 Å². The van der Waals surface area contributed by atoms with Crippen LogP contribution in [0.2, 0.25) is 5.15 Å². The van der Waals surface area contributed by atoms with Gasteiger partial charge in [0, 0.05) is 38.9 Å². The van der Waals surface area contributed by atoms with Gasteiger partial charge >= 0.3 is 0 Å². The molecule has 0 spiro atoms. The molecule has 6 nitrogen and oxygen atoms in total. The Balaban J connectivity index is 1.87. The van der Waals surface area contributed by atoms with Gasteiger partial charge < -0.3 is 10.1 Å². The van der Waals surface area contributed by atoms with Crippen LogP contribution in [0.5, 0.6) is 0 Å². The van der Waals surface area contributed by atoms with Crippen LogP contribution in [0.4, 0.5) is 14.6 Å². The second-order valence-corrected chi connectivity index (χ2v) is 6.98. The fourth-order valence-electron chi connectivity index (χ4n) is 3.41. The number of methoxy groups -OCH3 is 1. The highest BCUT2D eigenvalue weighted by Crippen LogP contribution is 2.32. The van der Waals surface area contributed by atoms with Crippen LogP contribution in [0.25, 0.3) is 0 Å². The standard InChI is InChI=1S/C20H18ClF2N5O/c1-29-5-3-26-20-16-11-28(4-2-13(16)14(8-24)19(21)27-20)10-12-6-17(22)15(9-25)18(23)7-12/h6-7H,2-5,10-11H2,1H3,(H,26,27). The van der Waals surface area contributed by atoms with Crippen molar-refractivity contribution in [1.29, 1.82) is 10.5 Å². The van der Waals surface area contributed by atoms with Gasteiger partial charge in [0.15, 0.2) is 0 Å². The minimum Gasteiger partial charge on any atom is -0.383 e. The first-order valence-electron chi connectivity index (χ1n) is 8.93. The molecule has 1 aliphatic heterocycles. The summed E-state index contributed by atoms with van der Waals surface area (Å²) in [6.45, 7) is 2.31. The third-order valence-corrected chi connectivity index (χ3v) is 5.03. The van der Waals surface area contributed by atoms with E-state index in [0.717, 1.165) is 11.1 Å². The van der Waals surface area contributed by atoms with E-state index in [1.165, 1.54) is 18.2 Å². The van der Waals surface area contributed by atoms with E-state index >= 15 is 0 Å². The molecule has 0 aliphatic carbocycles. The van der Waals surface area contributed by atoms with E-state index in [1.807, 2.05) is 4.90 Å². The lowest BCUT2D eigenvalue weighted by molar-refractivity contribution is 0.210. The molecule has 0 radical (unpaired) electrons. The quantitative estimate of drug-likeness (QED) is 0.573. The number of benzene rings is 1. The molecule has 0 atom stereocenters. The zero-order valence-electron chi connectivity index (χ0n) is 15.7. The number of nitriles is 2. The zero-order valence-corrected chi connectivity index (χ0v) is 16.5. The Hall–Kier alpha value is -2.78. The lowest BCUT2D eigenvalue weighted by atomic mass is 9.96. The van der Waals surface area contributed by atoms with E-state index < -0.39 is 17.2 Å². The maximum Gasteiger partial charge on any atom is 0.149 e. The van der Waals surface area contributed by atoms with Crippen molar-refractivity contribution in [2.75, 3.05) is 32.1 Å². The molecule has 1 aromatic heterocycles. The number of pyridine rings is 1. The smallest absolute Gasteiger partial charge is 0.149 e. The van der Waals surface area contributed by atoms with Crippen molar-refractivity contribution in [2.45, 2.75) is 19.5 Å². The van der Waals surface area contributed by atoms with Crippen LogP contribution in [0.15, 0.2) is 12.1 Å². The fourth-order valence-corrected chi connectivity index (χ4v) is 3.65. The van der Waals surface area contributed by atoms with E-state index in [0.29, 0.717) is 56.2 Å². The number of halogens is 3. The van der Waals surface area contributed by atoms with Gasteiger partial charge in [-0.2, -0.15) is 10.5 Å². The third-order valence-electron chi connectivity index (χ3n) is 4.76. The highest BCUT2D eigenvalue weighted by atomic mass is 35.5. The molecule has 0 amide bonds. The summed E-state index contributed by atoms with van der Waals surface area (Å²) in [5.41, 5.74) is 1.87. The van der Waals surface area contributed by atoms with Crippen LogP contribution in [-0.2, 0) is 24.2 Å². The number of fused-ring (bicyclic) bond motifs is 1. The largest absolute Gasteiger partial charge is 0.383 e. The van der Waals surface area contributed by atoms with E-state index in [2.05, 4.69) is 16.4 Å². The summed E-state index contributed by atoms with van der Waals surface area (Å²) in [5, 5.41) is 21.6. The lowest BCUT2D eigenvalue weighted by Crippen LogP contribution is -2.32. The molecule has 29 heavy (non-hydrogen) atoms. The summed E-state index contributed by atoms with van der Waals surface area (Å²) < 4.78 is 32.9. The second kappa shape index (κ2) is 9.15. The van der Waals surface area contributed by atoms with Crippen LogP contribution in [-0.4, -0.2) is 36.7 Å². The van der Waals surface area contributed by atoms with Gasteiger partial charge in [-0.15, -0.1) is 0 Å². The number of aromatic nitrogens is 1. The molecular formula is C20H18ClF2N5O.